The van der Waals surface area contributed by atoms with Crippen molar-refractivity contribution in [1.29, 1.82) is 0 Å². The van der Waals surface area contributed by atoms with Gasteiger partial charge in [-0.3, -0.25) is 4.79 Å². The fourth-order valence-corrected chi connectivity index (χ4v) is 2.51. The number of carbonyl (C=O) groups excluding carboxylic acids is 1. The predicted molar refractivity (Wildman–Crippen MR) is 73.5 cm³/mol. The van der Waals surface area contributed by atoms with E-state index in [1.807, 2.05) is 6.92 Å². The molecule has 0 aromatic carbocycles. The summed E-state index contributed by atoms with van der Waals surface area (Å²) in [6, 6.07) is 0.101. The molecule has 0 spiro atoms. The first kappa shape index (κ1) is 15.4. The highest BCUT2D eigenvalue weighted by Crippen LogP contribution is 2.19. The first-order chi connectivity index (χ1) is 8.56. The van der Waals surface area contributed by atoms with Crippen molar-refractivity contribution in [2.24, 2.45) is 5.92 Å². The van der Waals surface area contributed by atoms with Gasteiger partial charge in [0.25, 0.3) is 0 Å². The molecule has 2 atom stereocenters. The first-order valence-electron chi connectivity index (χ1n) is 7.21. The summed E-state index contributed by atoms with van der Waals surface area (Å²) in [6.07, 6.45) is 2.49. The van der Waals surface area contributed by atoms with Crippen molar-refractivity contribution in [3.05, 3.63) is 0 Å². The van der Waals surface area contributed by atoms with Crippen LogP contribution >= 0.6 is 0 Å². The Balaban J connectivity index is 2.48. The minimum atomic E-state index is -0.194. The number of likely N-dealkylation sites (tertiary alicyclic amines) is 1. The number of rotatable bonds is 7. The van der Waals surface area contributed by atoms with Gasteiger partial charge >= 0.3 is 5.97 Å². The van der Waals surface area contributed by atoms with E-state index in [9.17, 15) is 4.79 Å². The Kier molecular flexibility index (Phi) is 6.65. The van der Waals surface area contributed by atoms with Crippen LogP contribution in [0.3, 0.4) is 0 Å². The van der Waals surface area contributed by atoms with Gasteiger partial charge in [0.05, 0.1) is 6.61 Å². The van der Waals surface area contributed by atoms with Crippen molar-refractivity contribution in [3.8, 4) is 0 Å². The minimum Gasteiger partial charge on any atom is -0.465 e. The van der Waals surface area contributed by atoms with Crippen LogP contribution in [-0.4, -0.2) is 49.2 Å². The van der Waals surface area contributed by atoms with Crippen molar-refractivity contribution >= 4 is 5.97 Å². The zero-order chi connectivity index (χ0) is 13.5. The summed E-state index contributed by atoms with van der Waals surface area (Å²) in [5, 5.41) is 3.31. The fraction of sp³-hybridized carbons (Fsp3) is 0.929. The lowest BCUT2D eigenvalue weighted by Crippen LogP contribution is -2.49. The van der Waals surface area contributed by atoms with Crippen LogP contribution < -0.4 is 5.32 Å². The average molecular weight is 256 g/mol. The predicted octanol–water partition coefficient (Wildman–Crippen LogP) is 1.65. The van der Waals surface area contributed by atoms with Crippen LogP contribution in [0.2, 0.25) is 0 Å². The van der Waals surface area contributed by atoms with Crippen molar-refractivity contribution < 1.29 is 9.53 Å². The molecule has 4 nitrogen and oxygen atoms in total. The second-order valence-electron chi connectivity index (χ2n) is 5.45. The largest absolute Gasteiger partial charge is 0.465 e. The lowest BCUT2D eigenvalue weighted by Gasteiger charge is -2.25. The molecule has 1 N–H and O–H groups in total. The van der Waals surface area contributed by atoms with Crippen LogP contribution in [0.4, 0.5) is 0 Å². The van der Waals surface area contributed by atoms with Crippen LogP contribution in [-0.2, 0) is 9.53 Å². The molecule has 0 saturated carbocycles. The van der Waals surface area contributed by atoms with Crippen molar-refractivity contribution in [1.82, 2.24) is 10.2 Å². The molecule has 0 bridgehead atoms. The molecule has 0 amide bonds. The zero-order valence-electron chi connectivity index (χ0n) is 12.2. The molecular weight excluding hydrogens is 228 g/mol. The Morgan fingerprint density at radius 3 is 2.67 bits per heavy atom. The molecule has 0 aromatic rings. The number of ether oxygens (including phenoxy) is 1. The Hall–Kier alpha value is -0.610. The van der Waals surface area contributed by atoms with E-state index >= 15 is 0 Å². The van der Waals surface area contributed by atoms with Crippen LogP contribution in [0.5, 0.6) is 0 Å². The summed E-state index contributed by atoms with van der Waals surface area (Å²) in [7, 11) is 0. The summed E-state index contributed by atoms with van der Waals surface area (Å²) in [4.78, 5) is 14.3. The van der Waals surface area contributed by atoms with Gasteiger partial charge in [-0.05, 0) is 25.8 Å². The molecule has 0 aliphatic carbocycles. The normalized spacial score (nSPS) is 22.4. The summed E-state index contributed by atoms with van der Waals surface area (Å²) in [5.41, 5.74) is 0. The number of hydrogen-bond acceptors (Lipinski definition) is 4. The summed E-state index contributed by atoms with van der Waals surface area (Å²) in [5.74, 6) is 0.679. The average Bonchev–Trinajstić information content (AvgIpc) is 2.75. The molecule has 1 aliphatic rings. The highest BCUT2D eigenvalue weighted by molar-refractivity contribution is 5.76. The van der Waals surface area contributed by atoms with Crippen molar-refractivity contribution in [2.75, 3.05) is 26.2 Å². The molecule has 1 fully saturated rings. The topological polar surface area (TPSA) is 41.6 Å². The Morgan fingerprint density at radius 1 is 1.44 bits per heavy atom. The summed E-state index contributed by atoms with van der Waals surface area (Å²) < 4.78 is 5.14. The molecule has 1 aliphatic heterocycles. The molecule has 106 valence electrons. The molecule has 4 heteroatoms. The minimum absolute atomic E-state index is 0.119. The van der Waals surface area contributed by atoms with Crippen molar-refractivity contribution in [2.45, 2.75) is 52.6 Å². The third-order valence-electron chi connectivity index (χ3n) is 3.49. The fourth-order valence-electron chi connectivity index (χ4n) is 2.51. The second kappa shape index (κ2) is 7.74. The number of carbonyl (C=O) groups is 1. The Labute approximate surface area is 111 Å². The summed E-state index contributed by atoms with van der Waals surface area (Å²) >= 11 is 0. The lowest BCUT2D eigenvalue weighted by atomic mass is 10.1. The van der Waals surface area contributed by atoms with Gasteiger partial charge < -0.3 is 15.0 Å². The van der Waals surface area contributed by atoms with Crippen LogP contribution in [0, 0.1) is 5.92 Å². The second-order valence-corrected chi connectivity index (χ2v) is 5.45. The maximum absolute atomic E-state index is 11.9. The van der Waals surface area contributed by atoms with Gasteiger partial charge in [0.1, 0.15) is 6.04 Å². The monoisotopic (exact) mass is 256 g/mol. The quantitative estimate of drug-likeness (QED) is 0.703. The van der Waals surface area contributed by atoms with Crippen LogP contribution in [0.1, 0.15) is 40.5 Å². The third kappa shape index (κ3) is 4.94. The maximum atomic E-state index is 11.9. The van der Waals surface area contributed by atoms with Crippen molar-refractivity contribution in [3.63, 3.8) is 0 Å². The molecule has 18 heavy (non-hydrogen) atoms. The summed E-state index contributed by atoms with van der Waals surface area (Å²) in [6.45, 7) is 11.7. The van der Waals surface area contributed by atoms with Gasteiger partial charge in [0.2, 0.25) is 0 Å². The van der Waals surface area contributed by atoms with E-state index in [0.29, 0.717) is 12.6 Å². The van der Waals surface area contributed by atoms with Gasteiger partial charge in [-0.1, -0.05) is 27.2 Å². The lowest BCUT2D eigenvalue weighted by molar-refractivity contribution is -0.146. The molecule has 1 rings (SSSR count). The Morgan fingerprint density at radius 2 is 2.17 bits per heavy atom. The van der Waals surface area contributed by atoms with E-state index in [0.717, 1.165) is 25.6 Å². The molecule has 0 aromatic heterocycles. The molecule has 1 saturated heterocycles. The first-order valence-corrected chi connectivity index (χ1v) is 7.21. The molecule has 0 radical (unpaired) electrons. The highest BCUT2D eigenvalue weighted by atomic mass is 16.5. The van der Waals surface area contributed by atoms with E-state index in [1.54, 1.807) is 0 Å². The van der Waals surface area contributed by atoms with E-state index in [2.05, 4.69) is 31.0 Å². The van der Waals surface area contributed by atoms with Gasteiger partial charge in [-0.2, -0.15) is 0 Å². The zero-order valence-corrected chi connectivity index (χ0v) is 12.2. The maximum Gasteiger partial charge on any atom is 0.324 e. The van der Waals surface area contributed by atoms with E-state index in [1.165, 1.54) is 12.8 Å². The van der Waals surface area contributed by atoms with E-state index in [4.69, 9.17) is 4.74 Å². The van der Waals surface area contributed by atoms with E-state index in [-0.39, 0.29) is 12.0 Å². The molecular formula is C14H28N2O2. The van der Waals surface area contributed by atoms with Gasteiger partial charge in [-0.15, -0.1) is 0 Å². The van der Waals surface area contributed by atoms with Gasteiger partial charge in [0, 0.05) is 19.1 Å². The van der Waals surface area contributed by atoms with Gasteiger partial charge in [0.15, 0.2) is 0 Å². The standard InChI is InChI=1S/C14H28N2O2/c1-5-12-7-8-16(9-12)10-13(15-11(3)4)14(17)18-6-2/h11-13,15H,5-10H2,1-4H3. The third-order valence-corrected chi connectivity index (χ3v) is 3.49. The number of hydrogen-bond donors (Lipinski definition) is 1. The highest BCUT2D eigenvalue weighted by Gasteiger charge is 2.27. The number of nitrogens with one attached hydrogen (secondary N) is 1. The van der Waals surface area contributed by atoms with Gasteiger partial charge in [-0.25, -0.2) is 0 Å². The number of nitrogens with zero attached hydrogens (tertiary/aromatic N) is 1. The molecule has 1 heterocycles. The molecule has 2 unspecified atom stereocenters. The Bertz CT molecular complexity index is 256. The SMILES string of the molecule is CCOC(=O)C(CN1CCC(CC)C1)NC(C)C. The van der Waals surface area contributed by atoms with Crippen LogP contribution in [0.25, 0.3) is 0 Å². The van der Waals surface area contributed by atoms with E-state index < -0.39 is 0 Å². The smallest absolute Gasteiger partial charge is 0.324 e. The number of esters is 1. The van der Waals surface area contributed by atoms with Crippen LogP contribution in [0.15, 0.2) is 0 Å².